The van der Waals surface area contributed by atoms with Crippen LogP contribution in [0, 0.1) is 6.92 Å². The quantitative estimate of drug-likeness (QED) is 0.842. The summed E-state index contributed by atoms with van der Waals surface area (Å²) in [5.41, 5.74) is 2.49. The Hall–Kier alpha value is -1.96. The Balaban J connectivity index is 2.54. The molecule has 0 aromatic heterocycles. The summed E-state index contributed by atoms with van der Waals surface area (Å²) in [6.45, 7) is 6.00. The second-order valence-electron chi connectivity index (χ2n) is 5.14. The van der Waals surface area contributed by atoms with Gasteiger partial charge in [0.2, 0.25) is 0 Å². The van der Waals surface area contributed by atoms with Crippen molar-refractivity contribution >= 4 is 0 Å². The lowest BCUT2D eigenvalue weighted by Crippen LogP contribution is -2.19. The fourth-order valence-electron chi connectivity index (χ4n) is 2.20. The van der Waals surface area contributed by atoms with Gasteiger partial charge in [-0.25, -0.2) is 0 Å². The molecular formula is C16H18O2. The fourth-order valence-corrected chi connectivity index (χ4v) is 2.20. The van der Waals surface area contributed by atoms with Crippen molar-refractivity contribution in [2.75, 3.05) is 0 Å². The molecule has 0 aliphatic carbocycles. The molecule has 0 amide bonds. The lowest BCUT2D eigenvalue weighted by atomic mass is 9.77. The monoisotopic (exact) mass is 242 g/mol. The highest BCUT2D eigenvalue weighted by Gasteiger charge is 2.26. The lowest BCUT2D eigenvalue weighted by Gasteiger charge is -2.27. The molecule has 94 valence electrons. The van der Waals surface area contributed by atoms with Crippen LogP contribution in [0.5, 0.6) is 11.5 Å². The molecule has 2 rings (SSSR count). The van der Waals surface area contributed by atoms with Crippen LogP contribution in [0.15, 0.2) is 42.5 Å². The second kappa shape index (κ2) is 4.37. The van der Waals surface area contributed by atoms with Crippen molar-refractivity contribution in [3.05, 3.63) is 59.2 Å². The minimum Gasteiger partial charge on any atom is -0.508 e. The first-order valence-corrected chi connectivity index (χ1v) is 6.01. The summed E-state index contributed by atoms with van der Waals surface area (Å²) < 4.78 is 0. The van der Waals surface area contributed by atoms with Gasteiger partial charge in [-0.3, -0.25) is 0 Å². The number of aryl methyl sites for hydroxylation is 1. The maximum atomic E-state index is 9.98. The highest BCUT2D eigenvalue weighted by Crippen LogP contribution is 2.37. The van der Waals surface area contributed by atoms with E-state index < -0.39 is 0 Å². The normalized spacial score (nSPS) is 11.5. The third-order valence-corrected chi connectivity index (χ3v) is 3.50. The standard InChI is InChI=1S/C16H18O2/c1-11-10-12(8-9-14(11)17)16(2,3)13-6-4-5-7-15(13)18/h4-10,17-18H,1-3H3. The average Bonchev–Trinajstić information content (AvgIpc) is 2.33. The highest BCUT2D eigenvalue weighted by atomic mass is 16.3. The lowest BCUT2D eigenvalue weighted by molar-refractivity contribution is 0.452. The predicted octanol–water partition coefficient (Wildman–Crippen LogP) is 3.73. The van der Waals surface area contributed by atoms with Gasteiger partial charge in [0.25, 0.3) is 0 Å². The molecule has 0 aliphatic heterocycles. The summed E-state index contributed by atoms with van der Waals surface area (Å²) in [6.07, 6.45) is 0. The van der Waals surface area contributed by atoms with Gasteiger partial charge in [-0.2, -0.15) is 0 Å². The molecule has 18 heavy (non-hydrogen) atoms. The molecular weight excluding hydrogens is 224 g/mol. The number of benzene rings is 2. The summed E-state index contributed by atoms with van der Waals surface area (Å²) in [5.74, 6) is 0.597. The van der Waals surface area contributed by atoms with Crippen LogP contribution in [0.3, 0.4) is 0 Å². The predicted molar refractivity (Wildman–Crippen MR) is 73.1 cm³/mol. The smallest absolute Gasteiger partial charge is 0.119 e. The van der Waals surface area contributed by atoms with Gasteiger partial charge in [0.1, 0.15) is 11.5 Å². The van der Waals surface area contributed by atoms with Crippen LogP contribution in [0.2, 0.25) is 0 Å². The van der Waals surface area contributed by atoms with Crippen molar-refractivity contribution in [1.29, 1.82) is 0 Å². The average molecular weight is 242 g/mol. The minimum absolute atomic E-state index is 0.298. The van der Waals surface area contributed by atoms with Crippen molar-refractivity contribution in [2.24, 2.45) is 0 Å². The van der Waals surface area contributed by atoms with Crippen LogP contribution in [-0.2, 0) is 5.41 Å². The number of phenols is 2. The maximum Gasteiger partial charge on any atom is 0.119 e. The van der Waals surface area contributed by atoms with E-state index in [2.05, 4.69) is 13.8 Å². The third-order valence-electron chi connectivity index (χ3n) is 3.50. The van der Waals surface area contributed by atoms with E-state index >= 15 is 0 Å². The summed E-state index contributed by atoms with van der Waals surface area (Å²) >= 11 is 0. The molecule has 0 saturated heterocycles. The Labute approximate surface area is 108 Å². The van der Waals surface area contributed by atoms with Crippen molar-refractivity contribution in [1.82, 2.24) is 0 Å². The molecule has 2 aromatic rings. The number of phenolic OH excluding ortho intramolecular Hbond substituents is 2. The van der Waals surface area contributed by atoms with E-state index in [-0.39, 0.29) is 5.41 Å². The molecule has 0 fully saturated rings. The van der Waals surface area contributed by atoms with Gasteiger partial charge < -0.3 is 10.2 Å². The summed E-state index contributed by atoms with van der Waals surface area (Å²) in [5, 5.41) is 19.6. The minimum atomic E-state index is -0.302. The van der Waals surface area contributed by atoms with E-state index in [1.165, 1.54) is 0 Å². The maximum absolute atomic E-state index is 9.98. The number of hydrogen-bond acceptors (Lipinski definition) is 2. The Morgan fingerprint density at radius 1 is 0.889 bits per heavy atom. The summed E-state index contributed by atoms with van der Waals surface area (Å²) in [7, 11) is 0. The number of para-hydroxylation sites is 1. The summed E-state index contributed by atoms with van der Waals surface area (Å²) in [6, 6.07) is 12.9. The topological polar surface area (TPSA) is 40.5 Å². The Morgan fingerprint density at radius 3 is 2.17 bits per heavy atom. The van der Waals surface area contributed by atoms with Crippen molar-refractivity contribution in [2.45, 2.75) is 26.2 Å². The van der Waals surface area contributed by atoms with Crippen LogP contribution in [0.25, 0.3) is 0 Å². The molecule has 0 heterocycles. The van der Waals surface area contributed by atoms with Crippen LogP contribution >= 0.6 is 0 Å². The number of aromatic hydroxyl groups is 2. The van der Waals surface area contributed by atoms with Gasteiger partial charge in [0.15, 0.2) is 0 Å². The number of hydrogen-bond donors (Lipinski definition) is 2. The van der Waals surface area contributed by atoms with E-state index in [1.807, 2.05) is 37.3 Å². The molecule has 0 aliphatic rings. The Bertz CT molecular complexity index is 571. The zero-order valence-corrected chi connectivity index (χ0v) is 10.9. The van der Waals surface area contributed by atoms with E-state index in [0.717, 1.165) is 16.7 Å². The molecule has 0 atom stereocenters. The van der Waals surface area contributed by atoms with Gasteiger partial charge in [0.05, 0.1) is 0 Å². The molecule has 2 aromatic carbocycles. The fraction of sp³-hybridized carbons (Fsp3) is 0.250. The van der Waals surface area contributed by atoms with E-state index in [9.17, 15) is 10.2 Å². The summed E-state index contributed by atoms with van der Waals surface area (Å²) in [4.78, 5) is 0. The zero-order chi connectivity index (χ0) is 13.3. The van der Waals surface area contributed by atoms with Gasteiger partial charge in [-0.05, 0) is 30.2 Å². The second-order valence-corrected chi connectivity index (χ2v) is 5.14. The molecule has 0 unspecified atom stereocenters. The molecule has 0 radical (unpaired) electrons. The molecule has 0 saturated carbocycles. The van der Waals surface area contributed by atoms with Crippen molar-refractivity contribution < 1.29 is 10.2 Å². The van der Waals surface area contributed by atoms with E-state index in [4.69, 9.17) is 0 Å². The SMILES string of the molecule is Cc1cc(C(C)(C)c2ccccc2O)ccc1O. The van der Waals surface area contributed by atoms with Crippen LogP contribution < -0.4 is 0 Å². The van der Waals surface area contributed by atoms with E-state index in [1.54, 1.807) is 12.1 Å². The Morgan fingerprint density at radius 2 is 1.56 bits per heavy atom. The van der Waals surface area contributed by atoms with Gasteiger partial charge in [0, 0.05) is 11.0 Å². The molecule has 0 spiro atoms. The highest BCUT2D eigenvalue weighted by molar-refractivity contribution is 5.47. The van der Waals surface area contributed by atoms with E-state index in [0.29, 0.717) is 11.5 Å². The van der Waals surface area contributed by atoms with Crippen LogP contribution in [0.1, 0.15) is 30.5 Å². The van der Waals surface area contributed by atoms with Crippen LogP contribution in [-0.4, -0.2) is 10.2 Å². The molecule has 2 nitrogen and oxygen atoms in total. The van der Waals surface area contributed by atoms with Gasteiger partial charge in [-0.1, -0.05) is 44.2 Å². The Kier molecular flexibility index (Phi) is 3.04. The first-order chi connectivity index (χ1) is 8.43. The zero-order valence-electron chi connectivity index (χ0n) is 10.9. The van der Waals surface area contributed by atoms with Crippen molar-refractivity contribution in [3.8, 4) is 11.5 Å². The van der Waals surface area contributed by atoms with Gasteiger partial charge >= 0.3 is 0 Å². The first-order valence-electron chi connectivity index (χ1n) is 6.01. The van der Waals surface area contributed by atoms with Gasteiger partial charge in [-0.15, -0.1) is 0 Å². The molecule has 2 heteroatoms. The van der Waals surface area contributed by atoms with Crippen molar-refractivity contribution in [3.63, 3.8) is 0 Å². The largest absolute Gasteiger partial charge is 0.508 e. The molecule has 2 N–H and O–H groups in total. The van der Waals surface area contributed by atoms with Crippen LogP contribution in [0.4, 0.5) is 0 Å². The molecule has 0 bridgehead atoms. The number of rotatable bonds is 2. The third kappa shape index (κ3) is 2.06. The first kappa shape index (κ1) is 12.5.